The van der Waals surface area contributed by atoms with E-state index in [-0.39, 0.29) is 5.41 Å². The molecule has 0 spiro atoms. The van der Waals surface area contributed by atoms with Gasteiger partial charge in [0, 0.05) is 5.41 Å². The van der Waals surface area contributed by atoms with Gasteiger partial charge >= 0.3 is 0 Å². The first kappa shape index (κ1) is 133. The van der Waals surface area contributed by atoms with Crippen molar-refractivity contribution in [3.63, 3.8) is 0 Å². The molecule has 0 fully saturated rings. The molecule has 0 aliphatic carbocycles. The zero-order valence-corrected chi connectivity index (χ0v) is 77.7. The van der Waals surface area contributed by atoms with E-state index in [2.05, 4.69) is 371 Å². The summed E-state index contributed by atoms with van der Waals surface area (Å²) in [5, 5.41) is 2.62. The van der Waals surface area contributed by atoms with Crippen LogP contribution in [0.25, 0.3) is 21.9 Å². The summed E-state index contributed by atoms with van der Waals surface area (Å²) in [7, 11) is 0. The van der Waals surface area contributed by atoms with E-state index in [1.807, 2.05) is 173 Å². The highest BCUT2D eigenvalue weighted by molar-refractivity contribution is 5.82. The molecule has 9 aromatic carbocycles. The molecule has 0 aliphatic rings. The van der Waals surface area contributed by atoms with Gasteiger partial charge in [-0.1, -0.05) is 608 Å². The molecule has 0 aromatic heterocycles. The van der Waals surface area contributed by atoms with Crippen molar-refractivity contribution >= 4 is 10.8 Å². The van der Waals surface area contributed by atoms with Crippen molar-refractivity contribution in [2.45, 2.75) is 353 Å². The van der Waals surface area contributed by atoms with Crippen LogP contribution in [0.4, 0.5) is 0 Å². The zero-order valence-electron chi connectivity index (χ0n) is 77.7. The van der Waals surface area contributed by atoms with Gasteiger partial charge in [0.05, 0.1) is 0 Å². The van der Waals surface area contributed by atoms with Gasteiger partial charge in [-0.15, -0.1) is 0 Å². The summed E-state index contributed by atoms with van der Waals surface area (Å²) < 4.78 is 0. The highest BCUT2D eigenvalue weighted by Gasteiger charge is 2.21. The Bertz CT molecular complexity index is 2240. The monoisotopic (exact) mass is 1440 g/mol. The van der Waals surface area contributed by atoms with Crippen LogP contribution in [0, 0.1) is 0 Å². The first-order valence-corrected chi connectivity index (χ1v) is 42.5. The van der Waals surface area contributed by atoms with Crippen LogP contribution in [0.2, 0.25) is 0 Å². The Morgan fingerprint density at radius 3 is 0.433 bits per heavy atom. The van der Waals surface area contributed by atoms with Crippen molar-refractivity contribution in [1.82, 2.24) is 0 Å². The summed E-state index contributed by atoms with van der Waals surface area (Å²) in [5.41, 5.74) is 8.09. The summed E-state index contributed by atoms with van der Waals surface area (Å²) >= 11 is 0. The lowest BCUT2D eigenvalue weighted by Gasteiger charge is -2.25. The molecule has 0 saturated heterocycles. The maximum atomic E-state index is 2.26. The van der Waals surface area contributed by atoms with Crippen LogP contribution in [0.15, 0.2) is 267 Å². The lowest BCUT2D eigenvalue weighted by atomic mass is 9.78. The van der Waals surface area contributed by atoms with Crippen LogP contribution in [0.1, 0.15) is 363 Å². The highest BCUT2D eigenvalue weighted by atomic mass is 14.3. The number of rotatable bonds is 5. The second-order valence-corrected chi connectivity index (χ2v) is 20.8. The van der Waals surface area contributed by atoms with Gasteiger partial charge < -0.3 is 0 Å². The topological polar surface area (TPSA) is 0 Å². The molecule has 9 aromatic rings. The fourth-order valence-electron chi connectivity index (χ4n) is 6.08. The lowest BCUT2D eigenvalue weighted by molar-refractivity contribution is 0.641. The van der Waals surface area contributed by atoms with Crippen LogP contribution in [0.5, 0.6) is 0 Å². The third kappa shape index (κ3) is 116. The molecule has 0 heterocycles. The van der Waals surface area contributed by atoms with Crippen molar-refractivity contribution in [1.29, 1.82) is 0 Å². The van der Waals surface area contributed by atoms with E-state index in [4.69, 9.17) is 0 Å². The normalized spacial score (nSPS) is 7.65. The van der Waals surface area contributed by atoms with Gasteiger partial charge in [-0.2, -0.15) is 0 Å². The molecular formula is C104H186. The smallest absolute Gasteiger partial charge is 0.0146 e. The van der Waals surface area contributed by atoms with Gasteiger partial charge in [-0.05, 0) is 50.6 Å². The number of hydrogen-bond donors (Lipinski definition) is 0. The first-order valence-electron chi connectivity index (χ1n) is 42.5. The average Bonchev–Trinajstić information content (AvgIpc) is 0.819. The van der Waals surface area contributed by atoms with Gasteiger partial charge in [0.15, 0.2) is 0 Å². The van der Waals surface area contributed by atoms with Crippen molar-refractivity contribution in [2.75, 3.05) is 0 Å². The maximum Gasteiger partial charge on any atom is 0.0146 e. The number of fused-ring (bicyclic) bond motifs is 1. The molecule has 0 radical (unpaired) electrons. The molecule has 0 aliphatic heterocycles. The van der Waals surface area contributed by atoms with E-state index in [9.17, 15) is 0 Å². The highest BCUT2D eigenvalue weighted by Crippen LogP contribution is 2.30. The van der Waals surface area contributed by atoms with E-state index >= 15 is 0 Å². The quantitative estimate of drug-likeness (QED) is 0.161. The van der Waals surface area contributed by atoms with Crippen LogP contribution in [0.3, 0.4) is 0 Å². The van der Waals surface area contributed by atoms with Crippen molar-refractivity contribution in [3.8, 4) is 11.1 Å². The van der Waals surface area contributed by atoms with E-state index in [1.54, 1.807) is 0 Å². The molecular weight excluding hydrogens is 1250 g/mol. The predicted molar refractivity (Wildman–Crippen MR) is 505 cm³/mol. The molecule has 104 heavy (non-hydrogen) atoms. The first-order chi connectivity index (χ1) is 50.7. The minimum Gasteiger partial charge on any atom is -0.0683 e. The second kappa shape index (κ2) is 143. The summed E-state index contributed by atoms with van der Waals surface area (Å²) in [6.45, 7) is 83.0. The molecule has 0 unspecified atom stereocenters. The standard InChI is InChI=1S/C15H16.C13H12.C12H10.C10H8.C6H6.10C3H8.9C2H6/c1-15(2,13-9-5-3-6-10-13)14-11-7-4-8-12-14;1-3-7-12(8-4-1)11-13-9-5-2-6-10-13;1-3-7-11(8-4-1)12-9-5-2-6-10-12;1-2-6-10-8-4-3-7-9(10)5-1;1-2-4-6-5-3-1;10*1-3-2;9*1-2/h3-12H,1-2H3;1-10H,11H2;1-10H;1-8H;1-6H;10*3H2,1-2H3;9*1-2H3. The van der Waals surface area contributed by atoms with Crippen molar-refractivity contribution in [2.24, 2.45) is 0 Å². The predicted octanol–water partition coefficient (Wildman–Crippen LogP) is 38.6. The minimum atomic E-state index is 0.0858. The molecule has 0 nitrogen and oxygen atoms in total. The Hall–Kier alpha value is -6.76. The van der Waals surface area contributed by atoms with E-state index in [1.165, 1.54) is 108 Å². The summed E-state index contributed by atoms with van der Waals surface area (Å²) in [6.07, 6.45) is 13.5. The Kier molecular flexibility index (Phi) is 183. The fraction of sp³-hybridized carbons (Fsp3) is 0.500. The number of hydrogen-bond acceptors (Lipinski definition) is 0. The molecule has 9 rings (SSSR count). The SMILES string of the molecule is CC.CC.CC.CC.CC.CC.CC.CC.CC.CC(C)(c1ccccc1)c1ccccc1.CCC.CCC.CCC.CCC.CCC.CCC.CCC.CCC.CCC.CCC.c1ccc(-c2ccccc2)cc1.c1ccc(Cc2ccccc2)cc1.c1ccc2ccccc2c1.c1ccccc1. The van der Waals surface area contributed by atoms with Crippen LogP contribution in [-0.2, 0) is 11.8 Å². The molecule has 0 saturated carbocycles. The van der Waals surface area contributed by atoms with Crippen LogP contribution < -0.4 is 0 Å². The Morgan fingerprint density at radius 2 is 0.279 bits per heavy atom. The van der Waals surface area contributed by atoms with Crippen LogP contribution in [-0.4, -0.2) is 0 Å². The van der Waals surface area contributed by atoms with Gasteiger partial charge in [0.1, 0.15) is 0 Å². The van der Waals surface area contributed by atoms with Gasteiger partial charge in [-0.25, -0.2) is 0 Å². The van der Waals surface area contributed by atoms with E-state index in [0.717, 1.165) is 6.42 Å². The van der Waals surface area contributed by atoms with Gasteiger partial charge in [0.2, 0.25) is 0 Å². The molecule has 0 bridgehead atoms. The molecule has 602 valence electrons. The lowest BCUT2D eigenvalue weighted by Crippen LogP contribution is -2.18. The summed E-state index contributed by atoms with van der Waals surface area (Å²) in [5.74, 6) is 0. The Labute approximate surface area is 660 Å². The van der Waals surface area contributed by atoms with Gasteiger partial charge in [-0.3, -0.25) is 0 Å². The summed E-state index contributed by atoms with van der Waals surface area (Å²) in [6, 6.07) is 91.8. The Morgan fingerprint density at radius 1 is 0.163 bits per heavy atom. The van der Waals surface area contributed by atoms with E-state index in [0.29, 0.717) is 0 Å². The third-order valence-corrected chi connectivity index (χ3v) is 9.29. The molecule has 0 atom stereocenters. The third-order valence-electron chi connectivity index (χ3n) is 9.29. The van der Waals surface area contributed by atoms with E-state index < -0.39 is 0 Å². The Balaban J connectivity index is -0.0000000643. The minimum absolute atomic E-state index is 0.0858. The zero-order chi connectivity index (χ0) is 84.0. The molecule has 0 amide bonds. The van der Waals surface area contributed by atoms with Crippen LogP contribution >= 0.6 is 0 Å². The second-order valence-electron chi connectivity index (χ2n) is 20.8. The average molecular weight is 1440 g/mol. The van der Waals surface area contributed by atoms with Gasteiger partial charge in [0.25, 0.3) is 0 Å². The maximum absolute atomic E-state index is 2.26. The molecule has 0 N–H and O–H groups in total. The number of benzene rings is 9. The largest absolute Gasteiger partial charge is 0.0683 e. The van der Waals surface area contributed by atoms with Crippen molar-refractivity contribution < 1.29 is 0 Å². The fourth-order valence-corrected chi connectivity index (χ4v) is 6.08. The molecule has 0 heteroatoms. The summed E-state index contributed by atoms with van der Waals surface area (Å²) in [4.78, 5) is 0. The van der Waals surface area contributed by atoms with Crippen molar-refractivity contribution in [3.05, 3.63) is 289 Å².